The van der Waals surface area contributed by atoms with Gasteiger partial charge >= 0.3 is 0 Å². The van der Waals surface area contributed by atoms with E-state index in [0.29, 0.717) is 0 Å². The smallest absolute Gasteiger partial charge is 0.267 e. The molecule has 0 fully saturated rings. The van der Waals surface area contributed by atoms with E-state index < -0.39 is 10.1 Å². The SMILES string of the molecule is CCOS(=O)(=O)/C=C/C=C/c1ccccc1. The van der Waals surface area contributed by atoms with E-state index in [1.807, 2.05) is 36.4 Å². The van der Waals surface area contributed by atoms with Gasteiger partial charge in [-0.3, -0.25) is 4.18 Å². The van der Waals surface area contributed by atoms with E-state index in [9.17, 15) is 8.42 Å². The van der Waals surface area contributed by atoms with Crippen molar-refractivity contribution in [3.8, 4) is 0 Å². The maximum atomic E-state index is 11.1. The van der Waals surface area contributed by atoms with E-state index in [4.69, 9.17) is 0 Å². The normalized spacial score (nSPS) is 12.6. The maximum Gasteiger partial charge on any atom is 0.290 e. The minimum absolute atomic E-state index is 0.148. The van der Waals surface area contributed by atoms with Gasteiger partial charge in [-0.1, -0.05) is 42.5 Å². The lowest BCUT2D eigenvalue weighted by atomic mass is 10.2. The van der Waals surface area contributed by atoms with Gasteiger partial charge in [0.25, 0.3) is 10.1 Å². The van der Waals surface area contributed by atoms with Crippen LogP contribution >= 0.6 is 0 Å². The number of hydrogen-bond donors (Lipinski definition) is 0. The molecule has 0 spiro atoms. The fraction of sp³-hybridized carbons (Fsp3) is 0.167. The predicted molar refractivity (Wildman–Crippen MR) is 65.2 cm³/mol. The highest BCUT2D eigenvalue weighted by molar-refractivity contribution is 7.89. The summed E-state index contributed by atoms with van der Waals surface area (Å²) in [6, 6.07) is 9.62. The van der Waals surface area contributed by atoms with Gasteiger partial charge in [0.1, 0.15) is 0 Å². The molecule has 0 aliphatic carbocycles. The zero-order valence-electron chi connectivity index (χ0n) is 9.04. The Morgan fingerprint density at radius 1 is 1.19 bits per heavy atom. The maximum absolute atomic E-state index is 11.1. The Morgan fingerprint density at radius 3 is 2.50 bits per heavy atom. The number of allylic oxidation sites excluding steroid dienone is 2. The second kappa shape index (κ2) is 6.25. The first-order chi connectivity index (χ1) is 7.64. The molecule has 0 aromatic heterocycles. The molecule has 1 aromatic rings. The molecule has 0 atom stereocenters. The molecule has 0 saturated heterocycles. The molecule has 0 radical (unpaired) electrons. The molecule has 1 rings (SSSR count). The summed E-state index contributed by atoms with van der Waals surface area (Å²) < 4.78 is 26.7. The largest absolute Gasteiger partial charge is 0.290 e. The number of benzene rings is 1. The predicted octanol–water partition coefficient (Wildman–Crippen LogP) is 2.58. The highest BCUT2D eigenvalue weighted by Crippen LogP contribution is 2.01. The fourth-order valence-electron chi connectivity index (χ4n) is 1.08. The quantitative estimate of drug-likeness (QED) is 0.585. The van der Waals surface area contributed by atoms with Crippen LogP contribution in [0.4, 0.5) is 0 Å². The Hall–Kier alpha value is -1.39. The van der Waals surface area contributed by atoms with Gasteiger partial charge in [0.05, 0.1) is 12.0 Å². The molecule has 0 saturated carbocycles. The van der Waals surface area contributed by atoms with Crippen molar-refractivity contribution in [3.05, 3.63) is 53.5 Å². The molecule has 0 amide bonds. The molecule has 86 valence electrons. The van der Waals surface area contributed by atoms with Gasteiger partial charge in [0.15, 0.2) is 0 Å². The van der Waals surface area contributed by atoms with Crippen LogP contribution in [0.15, 0.2) is 47.9 Å². The van der Waals surface area contributed by atoms with E-state index in [1.54, 1.807) is 13.0 Å². The van der Waals surface area contributed by atoms with Crippen LogP contribution in [0.25, 0.3) is 6.08 Å². The highest BCUT2D eigenvalue weighted by Gasteiger charge is 2.01. The molecule has 1 aromatic carbocycles. The van der Waals surface area contributed by atoms with E-state index in [2.05, 4.69) is 4.18 Å². The Labute approximate surface area is 96.2 Å². The van der Waals surface area contributed by atoms with Crippen LogP contribution in [0.3, 0.4) is 0 Å². The Bertz CT molecular complexity index is 458. The third kappa shape index (κ3) is 4.91. The van der Waals surface area contributed by atoms with E-state index in [-0.39, 0.29) is 6.61 Å². The van der Waals surface area contributed by atoms with Crippen LogP contribution in [0.1, 0.15) is 12.5 Å². The van der Waals surface area contributed by atoms with Gasteiger partial charge in [0.2, 0.25) is 0 Å². The van der Waals surface area contributed by atoms with Crippen LogP contribution in [-0.4, -0.2) is 15.0 Å². The van der Waals surface area contributed by atoms with Gasteiger partial charge < -0.3 is 0 Å². The third-order valence-corrected chi connectivity index (χ3v) is 2.78. The summed E-state index contributed by atoms with van der Waals surface area (Å²) in [5, 5.41) is 1.04. The van der Waals surface area contributed by atoms with Crippen molar-refractivity contribution in [2.45, 2.75) is 6.92 Å². The summed E-state index contributed by atoms with van der Waals surface area (Å²) in [6.07, 6.45) is 4.92. The molecule has 4 heteroatoms. The summed E-state index contributed by atoms with van der Waals surface area (Å²) in [6.45, 7) is 1.78. The first-order valence-electron chi connectivity index (χ1n) is 4.93. The molecular formula is C12H14O3S. The average molecular weight is 238 g/mol. The molecule has 0 N–H and O–H groups in total. The standard InChI is InChI=1S/C12H14O3S/c1-2-15-16(13,14)11-7-6-10-12-8-4-3-5-9-12/h3-11H,2H2,1H3/b10-6+,11-7+. The number of rotatable bonds is 5. The fourth-order valence-corrected chi connectivity index (χ4v) is 1.77. The average Bonchev–Trinajstić information content (AvgIpc) is 2.26. The third-order valence-electron chi connectivity index (χ3n) is 1.73. The van der Waals surface area contributed by atoms with Crippen molar-refractivity contribution in [1.29, 1.82) is 0 Å². The summed E-state index contributed by atoms with van der Waals surface area (Å²) in [5.41, 5.74) is 1.01. The molecule has 3 nitrogen and oxygen atoms in total. The number of hydrogen-bond acceptors (Lipinski definition) is 3. The second-order valence-corrected chi connectivity index (χ2v) is 4.49. The lowest BCUT2D eigenvalue weighted by Gasteiger charge is -1.94. The molecule has 0 aliphatic heterocycles. The Morgan fingerprint density at radius 2 is 1.88 bits per heavy atom. The van der Waals surface area contributed by atoms with Gasteiger partial charge in [-0.15, -0.1) is 0 Å². The first-order valence-corrected chi connectivity index (χ1v) is 6.40. The lowest BCUT2D eigenvalue weighted by molar-refractivity contribution is 0.345. The van der Waals surface area contributed by atoms with Crippen LogP contribution in [0, 0.1) is 0 Å². The van der Waals surface area contributed by atoms with E-state index in [0.717, 1.165) is 11.0 Å². The molecule has 0 heterocycles. The summed E-state index contributed by atoms with van der Waals surface area (Å²) >= 11 is 0. The Kier molecular flexibility index (Phi) is 4.95. The van der Waals surface area contributed by atoms with E-state index >= 15 is 0 Å². The lowest BCUT2D eigenvalue weighted by Crippen LogP contribution is -2.00. The van der Waals surface area contributed by atoms with Crippen LogP contribution < -0.4 is 0 Å². The molecule has 0 aliphatic rings. The van der Waals surface area contributed by atoms with Crippen LogP contribution in [0.5, 0.6) is 0 Å². The van der Waals surface area contributed by atoms with Crippen LogP contribution in [0.2, 0.25) is 0 Å². The van der Waals surface area contributed by atoms with Crippen molar-refractivity contribution in [2.24, 2.45) is 0 Å². The summed E-state index contributed by atoms with van der Waals surface area (Å²) in [5.74, 6) is 0. The van der Waals surface area contributed by atoms with Gasteiger partial charge in [-0.05, 0) is 18.6 Å². The van der Waals surface area contributed by atoms with E-state index in [1.165, 1.54) is 6.08 Å². The van der Waals surface area contributed by atoms with Crippen molar-refractivity contribution >= 4 is 16.2 Å². The molecule has 0 unspecified atom stereocenters. The zero-order chi connectivity index (χ0) is 11.9. The van der Waals surface area contributed by atoms with Gasteiger partial charge in [-0.2, -0.15) is 8.42 Å². The Balaban J connectivity index is 2.58. The molecule has 0 bridgehead atoms. The van der Waals surface area contributed by atoms with Crippen molar-refractivity contribution < 1.29 is 12.6 Å². The minimum Gasteiger partial charge on any atom is -0.267 e. The minimum atomic E-state index is -3.52. The van der Waals surface area contributed by atoms with Crippen LogP contribution in [-0.2, 0) is 14.3 Å². The zero-order valence-corrected chi connectivity index (χ0v) is 9.85. The van der Waals surface area contributed by atoms with Gasteiger partial charge in [-0.25, -0.2) is 0 Å². The molecular weight excluding hydrogens is 224 g/mol. The summed E-state index contributed by atoms with van der Waals surface area (Å²) in [4.78, 5) is 0. The topological polar surface area (TPSA) is 43.4 Å². The van der Waals surface area contributed by atoms with Crippen molar-refractivity contribution in [2.75, 3.05) is 6.61 Å². The van der Waals surface area contributed by atoms with Gasteiger partial charge in [0, 0.05) is 0 Å². The summed E-state index contributed by atoms with van der Waals surface area (Å²) in [7, 11) is -3.52. The monoisotopic (exact) mass is 238 g/mol. The first kappa shape index (κ1) is 12.7. The molecule has 16 heavy (non-hydrogen) atoms. The van der Waals surface area contributed by atoms with Crippen molar-refractivity contribution in [3.63, 3.8) is 0 Å². The van der Waals surface area contributed by atoms with Crippen molar-refractivity contribution in [1.82, 2.24) is 0 Å². The highest BCUT2D eigenvalue weighted by atomic mass is 32.2. The second-order valence-electron chi connectivity index (χ2n) is 3.00.